The first-order chi connectivity index (χ1) is 8.15. The molecule has 4 heteroatoms. The van der Waals surface area contributed by atoms with Crippen LogP contribution in [-0.2, 0) is 11.2 Å². The highest BCUT2D eigenvalue weighted by atomic mass is 79.9. The first-order valence-electron chi connectivity index (χ1n) is 5.81. The van der Waals surface area contributed by atoms with Crippen LogP contribution in [0.25, 0.3) is 0 Å². The van der Waals surface area contributed by atoms with Crippen LogP contribution in [0.4, 0.5) is 4.39 Å². The highest BCUT2D eigenvalue weighted by molar-refractivity contribution is 9.10. The summed E-state index contributed by atoms with van der Waals surface area (Å²) < 4.78 is 20.2. The number of halogens is 2. The van der Waals surface area contributed by atoms with E-state index in [-0.39, 0.29) is 11.2 Å². The van der Waals surface area contributed by atoms with Crippen LogP contribution >= 0.6 is 15.9 Å². The lowest BCUT2D eigenvalue weighted by Gasteiger charge is -2.27. The zero-order valence-corrected chi connectivity index (χ0v) is 11.5. The Labute approximate surface area is 110 Å². The van der Waals surface area contributed by atoms with Crippen molar-refractivity contribution in [1.29, 1.82) is 0 Å². The van der Waals surface area contributed by atoms with Gasteiger partial charge in [-0.1, -0.05) is 15.9 Å². The van der Waals surface area contributed by atoms with Gasteiger partial charge in [0.05, 0.1) is 6.61 Å². The molecule has 1 aromatic carbocycles. The fraction of sp³-hybridized carbons (Fsp3) is 0.538. The lowest BCUT2D eigenvalue weighted by Crippen LogP contribution is -2.35. The van der Waals surface area contributed by atoms with E-state index < -0.39 is 0 Å². The molecule has 1 fully saturated rings. The fourth-order valence-corrected chi connectivity index (χ4v) is 2.86. The predicted octanol–water partition coefficient (Wildman–Crippen LogP) is 2.76. The van der Waals surface area contributed by atoms with E-state index in [1.807, 2.05) is 13.1 Å². The Balaban J connectivity index is 2.19. The van der Waals surface area contributed by atoms with E-state index in [1.54, 1.807) is 6.07 Å². The molecule has 0 bridgehead atoms. The van der Waals surface area contributed by atoms with Crippen LogP contribution in [-0.4, -0.2) is 26.8 Å². The topological polar surface area (TPSA) is 21.3 Å². The van der Waals surface area contributed by atoms with Crippen LogP contribution in [0, 0.1) is 11.2 Å². The molecule has 1 atom stereocenters. The SMILES string of the molecule is CNCC1(Cc2cc(Br)ccc2F)CCOC1. The lowest BCUT2D eigenvalue weighted by atomic mass is 9.81. The van der Waals surface area contributed by atoms with Gasteiger partial charge in [-0.2, -0.15) is 0 Å². The summed E-state index contributed by atoms with van der Waals surface area (Å²) in [5, 5.41) is 3.19. The van der Waals surface area contributed by atoms with Crippen molar-refractivity contribution in [2.45, 2.75) is 12.8 Å². The number of rotatable bonds is 4. The van der Waals surface area contributed by atoms with Crippen molar-refractivity contribution < 1.29 is 9.13 Å². The molecular formula is C13H17BrFNO. The molecule has 94 valence electrons. The van der Waals surface area contributed by atoms with Crippen LogP contribution in [0.15, 0.2) is 22.7 Å². The van der Waals surface area contributed by atoms with E-state index in [9.17, 15) is 4.39 Å². The highest BCUT2D eigenvalue weighted by Gasteiger charge is 2.35. The minimum Gasteiger partial charge on any atom is -0.381 e. The Hall–Kier alpha value is -0.450. The maximum absolute atomic E-state index is 13.8. The van der Waals surface area contributed by atoms with Crippen LogP contribution in [0.1, 0.15) is 12.0 Å². The zero-order chi connectivity index (χ0) is 12.3. The first-order valence-corrected chi connectivity index (χ1v) is 6.61. The number of benzene rings is 1. The molecule has 0 aliphatic carbocycles. The molecule has 1 aromatic rings. The molecule has 1 aliphatic rings. The van der Waals surface area contributed by atoms with Crippen LogP contribution in [0.2, 0.25) is 0 Å². The summed E-state index contributed by atoms with van der Waals surface area (Å²) in [6.45, 7) is 2.34. The van der Waals surface area contributed by atoms with Gasteiger partial charge in [0.25, 0.3) is 0 Å². The maximum Gasteiger partial charge on any atom is 0.126 e. The van der Waals surface area contributed by atoms with Crippen LogP contribution in [0.5, 0.6) is 0 Å². The van der Waals surface area contributed by atoms with Crippen molar-refractivity contribution in [3.05, 3.63) is 34.1 Å². The van der Waals surface area contributed by atoms with Gasteiger partial charge in [-0.15, -0.1) is 0 Å². The molecule has 0 saturated carbocycles. The molecule has 1 heterocycles. The van der Waals surface area contributed by atoms with Gasteiger partial charge in [0.1, 0.15) is 5.82 Å². The third kappa shape index (κ3) is 3.06. The van der Waals surface area contributed by atoms with E-state index in [0.29, 0.717) is 6.61 Å². The maximum atomic E-state index is 13.8. The first kappa shape index (κ1) is 13.0. The zero-order valence-electron chi connectivity index (χ0n) is 9.93. The van der Waals surface area contributed by atoms with Gasteiger partial charge in [-0.25, -0.2) is 4.39 Å². The van der Waals surface area contributed by atoms with Crippen LogP contribution in [0.3, 0.4) is 0 Å². The normalized spacial score (nSPS) is 24.2. The molecule has 2 nitrogen and oxygen atoms in total. The van der Waals surface area contributed by atoms with Crippen molar-refractivity contribution in [2.24, 2.45) is 5.41 Å². The minimum atomic E-state index is -0.129. The fourth-order valence-electron chi connectivity index (χ4n) is 2.45. The standard InChI is InChI=1S/C13H17BrFNO/c1-16-8-13(4-5-17-9-13)7-10-6-11(14)2-3-12(10)15/h2-3,6,16H,4-5,7-9H2,1H3. The molecule has 0 aromatic heterocycles. The molecule has 0 spiro atoms. The third-order valence-electron chi connectivity index (χ3n) is 3.31. The quantitative estimate of drug-likeness (QED) is 0.923. The second kappa shape index (κ2) is 5.46. The summed E-state index contributed by atoms with van der Waals surface area (Å²) in [5.41, 5.74) is 0.802. The molecule has 1 unspecified atom stereocenters. The summed E-state index contributed by atoms with van der Waals surface area (Å²) in [5.74, 6) is -0.129. The molecule has 1 aliphatic heterocycles. The minimum absolute atomic E-state index is 0.0381. The van der Waals surface area contributed by atoms with E-state index >= 15 is 0 Å². The summed E-state index contributed by atoms with van der Waals surface area (Å²) >= 11 is 3.39. The number of nitrogens with one attached hydrogen (secondary N) is 1. The Kier molecular flexibility index (Phi) is 4.17. The van der Waals surface area contributed by atoms with Crippen molar-refractivity contribution in [3.63, 3.8) is 0 Å². The van der Waals surface area contributed by atoms with Gasteiger partial charge in [0.2, 0.25) is 0 Å². The van der Waals surface area contributed by atoms with E-state index in [2.05, 4.69) is 21.2 Å². The summed E-state index contributed by atoms with van der Waals surface area (Å²) in [6.07, 6.45) is 1.71. The summed E-state index contributed by atoms with van der Waals surface area (Å²) in [4.78, 5) is 0. The van der Waals surface area contributed by atoms with Crippen molar-refractivity contribution in [3.8, 4) is 0 Å². The molecule has 0 amide bonds. The molecular weight excluding hydrogens is 285 g/mol. The average Bonchev–Trinajstić information content (AvgIpc) is 2.73. The Morgan fingerprint density at radius 1 is 1.53 bits per heavy atom. The molecule has 1 saturated heterocycles. The van der Waals surface area contributed by atoms with Crippen molar-refractivity contribution >= 4 is 15.9 Å². The Morgan fingerprint density at radius 2 is 2.35 bits per heavy atom. The molecule has 0 radical (unpaired) electrons. The largest absolute Gasteiger partial charge is 0.381 e. The van der Waals surface area contributed by atoms with Gasteiger partial charge >= 0.3 is 0 Å². The number of hydrogen-bond donors (Lipinski definition) is 1. The Morgan fingerprint density at radius 3 is 3.00 bits per heavy atom. The summed E-state index contributed by atoms with van der Waals surface area (Å²) in [7, 11) is 1.93. The van der Waals surface area contributed by atoms with Gasteiger partial charge in [0, 0.05) is 23.0 Å². The predicted molar refractivity (Wildman–Crippen MR) is 69.6 cm³/mol. The van der Waals surface area contributed by atoms with Gasteiger partial charge < -0.3 is 10.1 Å². The summed E-state index contributed by atoms with van der Waals surface area (Å²) in [6, 6.07) is 5.11. The lowest BCUT2D eigenvalue weighted by molar-refractivity contribution is 0.150. The van der Waals surface area contributed by atoms with Crippen molar-refractivity contribution in [1.82, 2.24) is 5.32 Å². The number of ether oxygens (including phenoxy) is 1. The molecule has 1 N–H and O–H groups in total. The van der Waals surface area contributed by atoms with Gasteiger partial charge in [-0.05, 0) is 43.7 Å². The highest BCUT2D eigenvalue weighted by Crippen LogP contribution is 2.33. The smallest absolute Gasteiger partial charge is 0.126 e. The second-order valence-electron chi connectivity index (χ2n) is 4.75. The molecule has 17 heavy (non-hydrogen) atoms. The van der Waals surface area contributed by atoms with Gasteiger partial charge in [-0.3, -0.25) is 0 Å². The molecule has 2 rings (SSSR count). The second-order valence-corrected chi connectivity index (χ2v) is 5.66. The van der Waals surface area contributed by atoms with Crippen LogP contribution < -0.4 is 5.32 Å². The monoisotopic (exact) mass is 301 g/mol. The Bertz CT molecular complexity index is 391. The van der Waals surface area contributed by atoms with E-state index in [4.69, 9.17) is 4.74 Å². The van der Waals surface area contributed by atoms with Gasteiger partial charge in [0.15, 0.2) is 0 Å². The third-order valence-corrected chi connectivity index (χ3v) is 3.80. The average molecular weight is 302 g/mol. The van der Waals surface area contributed by atoms with E-state index in [0.717, 1.165) is 36.0 Å². The van der Waals surface area contributed by atoms with E-state index in [1.165, 1.54) is 6.07 Å². The van der Waals surface area contributed by atoms with Crippen molar-refractivity contribution in [2.75, 3.05) is 26.8 Å². The number of hydrogen-bond acceptors (Lipinski definition) is 2.